The van der Waals surface area contributed by atoms with Crippen molar-refractivity contribution in [3.05, 3.63) is 0 Å². The van der Waals surface area contributed by atoms with Crippen LogP contribution in [0, 0.1) is 0 Å². The fourth-order valence-corrected chi connectivity index (χ4v) is 1.16. The maximum absolute atomic E-state index is 11.4. The van der Waals surface area contributed by atoms with Crippen LogP contribution in [0.5, 0.6) is 0 Å². The van der Waals surface area contributed by atoms with Crippen LogP contribution in [0.2, 0.25) is 0 Å². The Labute approximate surface area is 90.8 Å². The van der Waals surface area contributed by atoms with Crippen LogP contribution in [0.25, 0.3) is 0 Å². The van der Waals surface area contributed by atoms with Crippen LogP contribution in [0.4, 0.5) is 0 Å². The monoisotopic (exact) mass is 215 g/mol. The van der Waals surface area contributed by atoms with Crippen LogP contribution >= 0.6 is 0 Å². The van der Waals surface area contributed by atoms with Crippen molar-refractivity contribution in [3.63, 3.8) is 0 Å². The molecule has 4 N–H and O–H groups in total. The molecule has 0 aliphatic rings. The van der Waals surface area contributed by atoms with Gasteiger partial charge in [0.2, 0.25) is 11.8 Å². The van der Waals surface area contributed by atoms with Crippen molar-refractivity contribution in [2.75, 3.05) is 6.54 Å². The summed E-state index contributed by atoms with van der Waals surface area (Å²) in [6.07, 6.45) is 1.48. The molecule has 2 amide bonds. The minimum Gasteiger partial charge on any atom is -0.355 e. The number of hydrogen-bond acceptors (Lipinski definition) is 3. The highest BCUT2D eigenvalue weighted by atomic mass is 16.2. The first-order valence-electron chi connectivity index (χ1n) is 5.36. The summed E-state index contributed by atoms with van der Waals surface area (Å²) in [5.74, 6) is -0.454. The maximum atomic E-state index is 11.4. The van der Waals surface area contributed by atoms with Gasteiger partial charge < -0.3 is 16.4 Å². The van der Waals surface area contributed by atoms with E-state index in [4.69, 9.17) is 5.73 Å². The maximum Gasteiger partial charge on any atom is 0.242 e. The Balaban J connectivity index is 4.00. The SMILES string of the molecule is CCCC(N)C(=O)NC(C)C(=O)NCC. The van der Waals surface area contributed by atoms with Crippen LogP contribution in [0.15, 0.2) is 0 Å². The predicted octanol–water partition coefficient (Wildman–Crippen LogP) is -0.245. The summed E-state index contributed by atoms with van der Waals surface area (Å²) >= 11 is 0. The summed E-state index contributed by atoms with van der Waals surface area (Å²) in [4.78, 5) is 22.7. The van der Waals surface area contributed by atoms with Gasteiger partial charge in [0.25, 0.3) is 0 Å². The summed E-state index contributed by atoms with van der Waals surface area (Å²) in [5, 5.41) is 5.20. The molecule has 0 rings (SSSR count). The van der Waals surface area contributed by atoms with Gasteiger partial charge in [0, 0.05) is 6.54 Å². The number of hydrogen-bond donors (Lipinski definition) is 3. The van der Waals surface area contributed by atoms with Crippen LogP contribution in [0.1, 0.15) is 33.6 Å². The van der Waals surface area contributed by atoms with E-state index in [1.54, 1.807) is 6.92 Å². The second kappa shape index (κ2) is 7.23. The summed E-state index contributed by atoms with van der Waals surface area (Å²) in [6, 6.07) is -1.05. The normalized spacial score (nSPS) is 14.1. The zero-order chi connectivity index (χ0) is 11.8. The fraction of sp³-hybridized carbons (Fsp3) is 0.800. The Hall–Kier alpha value is -1.10. The summed E-state index contributed by atoms with van der Waals surface area (Å²) < 4.78 is 0. The molecule has 0 aromatic carbocycles. The number of amides is 2. The third kappa shape index (κ3) is 5.37. The lowest BCUT2D eigenvalue weighted by atomic mass is 10.1. The number of carbonyl (C=O) groups excluding carboxylic acids is 2. The van der Waals surface area contributed by atoms with E-state index in [0.29, 0.717) is 13.0 Å². The molecule has 15 heavy (non-hydrogen) atoms. The first kappa shape index (κ1) is 13.9. The van der Waals surface area contributed by atoms with Gasteiger partial charge in [-0.25, -0.2) is 0 Å². The van der Waals surface area contributed by atoms with Crippen LogP contribution in [-0.2, 0) is 9.59 Å². The van der Waals surface area contributed by atoms with E-state index in [1.807, 2.05) is 13.8 Å². The molecule has 2 unspecified atom stereocenters. The molecule has 5 heteroatoms. The molecule has 0 fully saturated rings. The van der Waals surface area contributed by atoms with Crippen molar-refractivity contribution in [2.24, 2.45) is 5.73 Å². The topological polar surface area (TPSA) is 84.2 Å². The lowest BCUT2D eigenvalue weighted by Gasteiger charge is -2.16. The molecule has 0 bridgehead atoms. The van der Waals surface area contributed by atoms with Crippen molar-refractivity contribution < 1.29 is 9.59 Å². The minimum atomic E-state index is -0.527. The lowest BCUT2D eigenvalue weighted by Crippen LogP contribution is -2.50. The second-order valence-corrected chi connectivity index (χ2v) is 3.52. The molecule has 88 valence electrons. The molecule has 0 aromatic heterocycles. The Kier molecular flexibility index (Phi) is 6.70. The molecular formula is C10H21N3O2. The average Bonchev–Trinajstić information content (AvgIpc) is 2.18. The number of rotatable bonds is 6. The van der Waals surface area contributed by atoms with Crippen molar-refractivity contribution in [1.29, 1.82) is 0 Å². The second-order valence-electron chi connectivity index (χ2n) is 3.52. The quantitative estimate of drug-likeness (QED) is 0.571. The Morgan fingerprint density at radius 2 is 1.87 bits per heavy atom. The van der Waals surface area contributed by atoms with E-state index >= 15 is 0 Å². The number of carbonyl (C=O) groups is 2. The summed E-state index contributed by atoms with van der Waals surface area (Å²) in [6.45, 7) is 5.98. The average molecular weight is 215 g/mol. The molecular weight excluding hydrogens is 194 g/mol. The lowest BCUT2D eigenvalue weighted by molar-refractivity contribution is -0.129. The molecule has 0 aliphatic carbocycles. The van der Waals surface area contributed by atoms with E-state index < -0.39 is 12.1 Å². The molecule has 0 saturated heterocycles. The van der Waals surface area contributed by atoms with E-state index in [9.17, 15) is 9.59 Å². The van der Waals surface area contributed by atoms with Crippen molar-refractivity contribution in [1.82, 2.24) is 10.6 Å². The molecule has 5 nitrogen and oxygen atoms in total. The van der Waals surface area contributed by atoms with Gasteiger partial charge >= 0.3 is 0 Å². The van der Waals surface area contributed by atoms with Gasteiger partial charge in [0.05, 0.1) is 6.04 Å². The number of nitrogens with two attached hydrogens (primary N) is 1. The van der Waals surface area contributed by atoms with Crippen LogP contribution in [0.3, 0.4) is 0 Å². The first-order chi connectivity index (χ1) is 7.02. The largest absolute Gasteiger partial charge is 0.355 e. The molecule has 0 heterocycles. The van der Waals surface area contributed by atoms with E-state index in [-0.39, 0.29) is 11.8 Å². The van der Waals surface area contributed by atoms with E-state index in [0.717, 1.165) is 6.42 Å². The molecule has 0 radical (unpaired) electrons. The highest BCUT2D eigenvalue weighted by Crippen LogP contribution is 1.94. The molecule has 2 atom stereocenters. The van der Waals surface area contributed by atoms with Crippen molar-refractivity contribution in [2.45, 2.75) is 45.7 Å². The standard InChI is InChI=1S/C10H21N3O2/c1-4-6-8(11)10(15)13-7(3)9(14)12-5-2/h7-8H,4-6,11H2,1-3H3,(H,12,14)(H,13,15). The Bertz CT molecular complexity index is 219. The van der Waals surface area contributed by atoms with Crippen molar-refractivity contribution >= 4 is 11.8 Å². The molecule has 0 aromatic rings. The van der Waals surface area contributed by atoms with Gasteiger partial charge in [-0.15, -0.1) is 0 Å². The third-order valence-corrected chi connectivity index (χ3v) is 2.04. The number of nitrogens with one attached hydrogen (secondary N) is 2. The van der Waals surface area contributed by atoms with Gasteiger partial charge in [-0.2, -0.15) is 0 Å². The van der Waals surface area contributed by atoms with Crippen molar-refractivity contribution in [3.8, 4) is 0 Å². The van der Waals surface area contributed by atoms with Gasteiger partial charge in [-0.3, -0.25) is 9.59 Å². The molecule has 0 saturated carbocycles. The van der Waals surface area contributed by atoms with Gasteiger partial charge in [0.1, 0.15) is 6.04 Å². The summed E-state index contributed by atoms with van der Waals surface area (Å²) in [5.41, 5.74) is 5.61. The van der Waals surface area contributed by atoms with E-state index in [1.165, 1.54) is 0 Å². The Morgan fingerprint density at radius 1 is 1.27 bits per heavy atom. The van der Waals surface area contributed by atoms with Crippen LogP contribution < -0.4 is 16.4 Å². The highest BCUT2D eigenvalue weighted by molar-refractivity contribution is 5.89. The van der Waals surface area contributed by atoms with Gasteiger partial charge in [-0.1, -0.05) is 13.3 Å². The molecule has 0 aliphatic heterocycles. The fourth-order valence-electron chi connectivity index (χ4n) is 1.16. The zero-order valence-electron chi connectivity index (χ0n) is 9.67. The summed E-state index contributed by atoms with van der Waals surface area (Å²) in [7, 11) is 0. The van der Waals surface area contributed by atoms with E-state index in [2.05, 4.69) is 10.6 Å². The third-order valence-electron chi connectivity index (χ3n) is 2.04. The zero-order valence-corrected chi connectivity index (χ0v) is 9.67. The Morgan fingerprint density at radius 3 is 2.33 bits per heavy atom. The van der Waals surface area contributed by atoms with Gasteiger partial charge in [-0.05, 0) is 20.3 Å². The smallest absolute Gasteiger partial charge is 0.242 e. The highest BCUT2D eigenvalue weighted by Gasteiger charge is 2.18. The van der Waals surface area contributed by atoms with Gasteiger partial charge in [0.15, 0.2) is 0 Å². The predicted molar refractivity (Wildman–Crippen MR) is 59.2 cm³/mol. The van der Waals surface area contributed by atoms with Crippen LogP contribution in [-0.4, -0.2) is 30.4 Å². The number of likely N-dealkylation sites (N-methyl/N-ethyl adjacent to an activating group) is 1. The molecule has 0 spiro atoms. The first-order valence-corrected chi connectivity index (χ1v) is 5.36. The minimum absolute atomic E-state index is 0.186.